The van der Waals surface area contributed by atoms with E-state index in [0.29, 0.717) is 12.2 Å². The van der Waals surface area contributed by atoms with Gasteiger partial charge in [0, 0.05) is 25.4 Å². The molecule has 2 heterocycles. The third-order valence-electron chi connectivity index (χ3n) is 3.47. The Kier molecular flexibility index (Phi) is 2.78. The molecule has 0 bridgehead atoms. The Morgan fingerprint density at radius 3 is 2.85 bits per heavy atom. The third kappa shape index (κ3) is 1.85. The maximum atomic E-state index is 11.5. The van der Waals surface area contributed by atoms with E-state index in [4.69, 9.17) is 0 Å². The molecule has 3 rings (SSSR count). The van der Waals surface area contributed by atoms with Gasteiger partial charge in [0.1, 0.15) is 6.04 Å². The molecule has 0 fully saturated rings. The molecule has 1 aromatic heterocycles. The normalized spacial score (nSPS) is 17.1. The number of fused-ring (bicyclic) bond motifs is 1. The number of rotatable bonds is 2. The van der Waals surface area contributed by atoms with Crippen molar-refractivity contribution >= 4 is 17.5 Å². The molecule has 0 aliphatic carbocycles. The van der Waals surface area contributed by atoms with E-state index >= 15 is 0 Å². The summed E-state index contributed by atoms with van der Waals surface area (Å²) in [5.41, 5.74) is 1.56. The lowest BCUT2D eigenvalue weighted by Crippen LogP contribution is -2.36. The van der Waals surface area contributed by atoms with Crippen molar-refractivity contribution in [2.24, 2.45) is 7.05 Å². The van der Waals surface area contributed by atoms with Crippen molar-refractivity contribution in [3.63, 3.8) is 0 Å². The minimum atomic E-state index is -0.906. The van der Waals surface area contributed by atoms with Gasteiger partial charge in [0.25, 0.3) is 5.56 Å². The van der Waals surface area contributed by atoms with Gasteiger partial charge in [-0.05, 0) is 11.6 Å². The Labute approximate surface area is 114 Å². The number of hydrogen-bond donors (Lipinski definition) is 1. The topological polar surface area (TPSA) is 75.4 Å². The van der Waals surface area contributed by atoms with Crippen molar-refractivity contribution in [2.45, 2.75) is 12.5 Å². The van der Waals surface area contributed by atoms with Crippen LogP contribution in [0.2, 0.25) is 0 Å². The van der Waals surface area contributed by atoms with Crippen molar-refractivity contribution in [2.75, 3.05) is 4.90 Å². The zero-order valence-corrected chi connectivity index (χ0v) is 10.9. The maximum absolute atomic E-state index is 11.5. The molecular weight excluding hydrogens is 258 g/mol. The number of benzene rings is 1. The molecule has 0 spiro atoms. The van der Waals surface area contributed by atoms with Crippen LogP contribution in [-0.2, 0) is 18.3 Å². The molecule has 1 aliphatic rings. The quantitative estimate of drug-likeness (QED) is 0.879. The number of carbonyl (C=O) groups is 1. The van der Waals surface area contributed by atoms with Crippen LogP contribution in [0, 0.1) is 0 Å². The first-order chi connectivity index (χ1) is 9.58. The summed E-state index contributed by atoms with van der Waals surface area (Å²) in [6, 6.07) is 6.82. The highest BCUT2D eigenvalue weighted by molar-refractivity contribution is 5.86. The van der Waals surface area contributed by atoms with E-state index in [1.165, 1.54) is 10.8 Å². The van der Waals surface area contributed by atoms with Gasteiger partial charge in [-0.1, -0.05) is 18.2 Å². The summed E-state index contributed by atoms with van der Waals surface area (Å²) in [6.45, 7) is 0. The number of anilines is 2. The molecular formula is C14H13N3O3. The average molecular weight is 271 g/mol. The van der Waals surface area contributed by atoms with Crippen molar-refractivity contribution in [3.05, 3.63) is 52.6 Å². The van der Waals surface area contributed by atoms with Gasteiger partial charge in [0.05, 0.1) is 6.20 Å². The molecule has 0 radical (unpaired) electrons. The number of carboxylic acids is 1. The molecule has 2 aromatic rings. The average Bonchev–Trinajstić information content (AvgIpc) is 2.81. The Morgan fingerprint density at radius 1 is 1.40 bits per heavy atom. The van der Waals surface area contributed by atoms with Gasteiger partial charge in [-0.2, -0.15) is 0 Å². The van der Waals surface area contributed by atoms with E-state index in [1.807, 2.05) is 24.3 Å². The van der Waals surface area contributed by atoms with Crippen LogP contribution >= 0.6 is 0 Å². The van der Waals surface area contributed by atoms with E-state index in [-0.39, 0.29) is 5.56 Å². The van der Waals surface area contributed by atoms with Gasteiger partial charge >= 0.3 is 5.97 Å². The number of nitrogens with zero attached hydrogens (tertiary/aromatic N) is 3. The van der Waals surface area contributed by atoms with E-state index in [0.717, 1.165) is 11.3 Å². The molecule has 1 atom stereocenters. The fraction of sp³-hybridized carbons (Fsp3) is 0.214. The van der Waals surface area contributed by atoms with Gasteiger partial charge in [-0.3, -0.25) is 4.79 Å². The Hall–Kier alpha value is -2.63. The monoisotopic (exact) mass is 271 g/mol. The molecule has 0 amide bonds. The fourth-order valence-electron chi connectivity index (χ4n) is 2.47. The molecule has 1 aromatic carbocycles. The maximum Gasteiger partial charge on any atom is 0.327 e. The summed E-state index contributed by atoms with van der Waals surface area (Å²) in [5.74, 6) is -0.443. The van der Waals surface area contributed by atoms with Crippen LogP contribution in [0.1, 0.15) is 5.56 Å². The second-order valence-corrected chi connectivity index (χ2v) is 4.75. The molecule has 6 nitrogen and oxygen atoms in total. The van der Waals surface area contributed by atoms with Crippen LogP contribution in [0.3, 0.4) is 0 Å². The minimum Gasteiger partial charge on any atom is -0.480 e. The molecule has 1 N–H and O–H groups in total. The van der Waals surface area contributed by atoms with E-state index < -0.39 is 12.0 Å². The van der Waals surface area contributed by atoms with Gasteiger partial charge in [0.15, 0.2) is 5.82 Å². The number of carboxylic acid groups (broad SMARTS) is 1. The first-order valence-corrected chi connectivity index (χ1v) is 6.20. The molecule has 0 saturated heterocycles. The number of aliphatic carboxylic acids is 1. The largest absolute Gasteiger partial charge is 0.480 e. The van der Waals surface area contributed by atoms with Gasteiger partial charge < -0.3 is 14.6 Å². The van der Waals surface area contributed by atoms with E-state index in [2.05, 4.69) is 4.98 Å². The second-order valence-electron chi connectivity index (χ2n) is 4.75. The van der Waals surface area contributed by atoms with Crippen LogP contribution in [0.5, 0.6) is 0 Å². The lowest BCUT2D eigenvalue weighted by atomic mass is 10.1. The smallest absolute Gasteiger partial charge is 0.327 e. The number of hydrogen-bond acceptors (Lipinski definition) is 4. The Balaban J connectivity index is 2.15. The fourth-order valence-corrected chi connectivity index (χ4v) is 2.47. The molecule has 102 valence electrons. The van der Waals surface area contributed by atoms with Gasteiger partial charge in [-0.15, -0.1) is 0 Å². The predicted molar refractivity (Wildman–Crippen MR) is 73.2 cm³/mol. The summed E-state index contributed by atoms with van der Waals surface area (Å²) in [6.07, 6.45) is 3.19. The first-order valence-electron chi connectivity index (χ1n) is 6.20. The Bertz CT molecular complexity index is 738. The van der Waals surface area contributed by atoms with Crippen LogP contribution in [0.4, 0.5) is 11.5 Å². The molecule has 6 heteroatoms. The number of aryl methyl sites for hydroxylation is 1. The van der Waals surface area contributed by atoms with E-state index in [9.17, 15) is 14.7 Å². The van der Waals surface area contributed by atoms with Crippen molar-refractivity contribution in [3.8, 4) is 0 Å². The van der Waals surface area contributed by atoms with E-state index in [1.54, 1.807) is 18.1 Å². The highest BCUT2D eigenvalue weighted by Gasteiger charge is 2.36. The summed E-state index contributed by atoms with van der Waals surface area (Å²) < 4.78 is 1.39. The SMILES string of the molecule is Cn1cc(N2c3ccccc3CC2C(=O)O)ncc1=O. The van der Waals surface area contributed by atoms with Crippen LogP contribution in [-0.4, -0.2) is 26.7 Å². The molecule has 20 heavy (non-hydrogen) atoms. The van der Waals surface area contributed by atoms with Gasteiger partial charge in [0.2, 0.25) is 0 Å². The molecule has 0 saturated carbocycles. The first kappa shape index (κ1) is 12.4. The highest BCUT2D eigenvalue weighted by Crippen LogP contribution is 2.36. The van der Waals surface area contributed by atoms with Gasteiger partial charge in [-0.25, -0.2) is 9.78 Å². The lowest BCUT2D eigenvalue weighted by Gasteiger charge is -2.23. The zero-order chi connectivity index (χ0) is 14.3. The van der Waals surface area contributed by atoms with Crippen LogP contribution < -0.4 is 10.5 Å². The summed E-state index contributed by atoms with van der Waals surface area (Å²) >= 11 is 0. The van der Waals surface area contributed by atoms with Crippen LogP contribution in [0.15, 0.2) is 41.5 Å². The summed E-state index contributed by atoms with van der Waals surface area (Å²) in [5, 5.41) is 9.40. The second kappa shape index (κ2) is 4.48. The zero-order valence-electron chi connectivity index (χ0n) is 10.9. The standard InChI is InChI=1S/C14H13N3O3/c1-16-8-12(15-7-13(16)18)17-10-5-3-2-4-9(10)6-11(17)14(19)20/h2-5,7-8,11H,6H2,1H3,(H,19,20). The summed E-state index contributed by atoms with van der Waals surface area (Å²) in [4.78, 5) is 28.6. The minimum absolute atomic E-state index is 0.229. The van der Waals surface area contributed by atoms with Crippen molar-refractivity contribution in [1.29, 1.82) is 0 Å². The lowest BCUT2D eigenvalue weighted by molar-refractivity contribution is -0.138. The molecule has 1 unspecified atom stereocenters. The number of para-hydroxylation sites is 1. The third-order valence-corrected chi connectivity index (χ3v) is 3.47. The predicted octanol–water partition coefficient (Wildman–Crippen LogP) is 0.928. The van der Waals surface area contributed by atoms with Crippen molar-refractivity contribution < 1.29 is 9.90 Å². The number of aromatic nitrogens is 2. The van der Waals surface area contributed by atoms with Crippen LogP contribution in [0.25, 0.3) is 0 Å². The Morgan fingerprint density at radius 2 is 2.15 bits per heavy atom. The molecule has 1 aliphatic heterocycles. The highest BCUT2D eigenvalue weighted by atomic mass is 16.4. The summed E-state index contributed by atoms with van der Waals surface area (Å²) in [7, 11) is 1.62. The van der Waals surface area contributed by atoms with Crippen molar-refractivity contribution in [1.82, 2.24) is 9.55 Å².